The average molecular weight is 1590 g/mol. The highest BCUT2D eigenvalue weighted by Crippen LogP contribution is 2.34. The van der Waals surface area contributed by atoms with E-state index in [0.29, 0.717) is 6.42 Å². The van der Waals surface area contributed by atoms with Gasteiger partial charge in [0, 0.05) is 6.42 Å². The summed E-state index contributed by atoms with van der Waals surface area (Å²) in [6.07, 6.45) is 63.9. The van der Waals surface area contributed by atoms with Crippen LogP contribution in [0.1, 0.15) is 438 Å². The zero-order chi connectivity index (χ0) is 80.3. The zero-order valence-corrected chi connectivity index (χ0v) is 71.2. The summed E-state index contributed by atoms with van der Waals surface area (Å²) in [5.74, 6) is -0.264. The van der Waals surface area contributed by atoms with Gasteiger partial charge in [0.05, 0.1) is 38.6 Å². The summed E-state index contributed by atoms with van der Waals surface area (Å²) in [7, 11) is 0. The Morgan fingerprint density at radius 2 is 0.559 bits per heavy atom. The molecule has 3 aliphatic heterocycles. The number of amides is 1. The predicted molar refractivity (Wildman–Crippen MR) is 448 cm³/mol. The van der Waals surface area contributed by atoms with Crippen LogP contribution in [0.3, 0.4) is 0 Å². The smallest absolute Gasteiger partial charge is 0.220 e. The fourth-order valence-electron chi connectivity index (χ4n) is 16.6. The van der Waals surface area contributed by atoms with E-state index in [1.54, 1.807) is 6.08 Å². The van der Waals surface area contributed by atoms with Crippen LogP contribution in [0.5, 0.6) is 0 Å². The molecule has 0 spiro atoms. The molecule has 3 heterocycles. The quantitative estimate of drug-likeness (QED) is 0.0199. The maximum atomic E-state index is 13.5. The van der Waals surface area contributed by atoms with E-state index < -0.39 is 124 Å². The Kier molecular flexibility index (Phi) is 67.8. The molecule has 111 heavy (non-hydrogen) atoms. The van der Waals surface area contributed by atoms with Gasteiger partial charge in [-0.25, -0.2) is 0 Å². The molecule has 3 aliphatic rings. The molecule has 12 N–H and O–H groups in total. The standard InChI is InChI=1S/C92H177NO18/c1-3-5-7-9-11-13-15-17-19-21-23-25-27-29-31-33-35-36-37-38-39-40-42-44-46-48-50-52-54-56-58-60-62-64-66-68-70-80(98)93-75(76(97)69-67-65-63-61-59-57-55-53-51-49-47-45-43-41-34-32-30-28-26-24-22-20-18-16-14-12-10-8-6-4-2)74-106-90-86(104)83(101)88(78(72-95)108-90)111-92-87(105)84(102)89(79(73-96)109-92)110-91-85(103)82(100)81(99)77(71-94)107-91/h67,69,75-79,81-92,94-97,99-105H,3-66,68,70-74H2,1-2H3,(H,93,98)/b69-67+. The number of allylic oxidation sites excluding steroid dienone is 1. The molecule has 19 heteroatoms. The van der Waals surface area contributed by atoms with Gasteiger partial charge in [0.25, 0.3) is 0 Å². The number of aliphatic hydroxyl groups is 11. The maximum absolute atomic E-state index is 13.5. The van der Waals surface area contributed by atoms with Crippen LogP contribution in [0.4, 0.5) is 0 Å². The van der Waals surface area contributed by atoms with Crippen molar-refractivity contribution in [2.45, 2.75) is 542 Å². The highest BCUT2D eigenvalue weighted by molar-refractivity contribution is 5.76. The van der Waals surface area contributed by atoms with Gasteiger partial charge in [0.15, 0.2) is 18.9 Å². The number of aliphatic hydroxyl groups excluding tert-OH is 11. The molecule has 0 saturated carbocycles. The Hall–Kier alpha value is -1.47. The molecule has 0 bridgehead atoms. The van der Waals surface area contributed by atoms with Crippen molar-refractivity contribution in [2.24, 2.45) is 0 Å². The molecule has 3 fully saturated rings. The summed E-state index contributed by atoms with van der Waals surface area (Å²) < 4.78 is 34.6. The van der Waals surface area contributed by atoms with Crippen LogP contribution in [-0.2, 0) is 33.2 Å². The Bertz CT molecular complexity index is 2040. The molecule has 1 amide bonds. The van der Waals surface area contributed by atoms with Crippen molar-refractivity contribution < 1.29 is 89.4 Å². The molecule has 0 aliphatic carbocycles. The topological polar surface area (TPSA) is 307 Å². The molecular weight excluding hydrogens is 1410 g/mol. The van der Waals surface area contributed by atoms with Gasteiger partial charge in [-0.1, -0.05) is 424 Å². The number of ether oxygens (including phenoxy) is 6. The Morgan fingerprint density at radius 1 is 0.315 bits per heavy atom. The normalized spacial score (nSPS) is 25.0. The van der Waals surface area contributed by atoms with Crippen molar-refractivity contribution in [1.29, 1.82) is 0 Å². The van der Waals surface area contributed by atoms with Crippen molar-refractivity contribution in [3.05, 3.63) is 12.2 Å². The molecule has 0 aromatic rings. The highest BCUT2D eigenvalue weighted by atomic mass is 16.8. The van der Waals surface area contributed by atoms with Crippen LogP contribution in [0, 0.1) is 0 Å². The van der Waals surface area contributed by atoms with Crippen molar-refractivity contribution in [1.82, 2.24) is 5.32 Å². The van der Waals surface area contributed by atoms with Crippen molar-refractivity contribution >= 4 is 5.91 Å². The molecule has 3 saturated heterocycles. The predicted octanol–water partition coefficient (Wildman–Crippen LogP) is 18.6. The number of carbonyl (C=O) groups excluding carboxylic acids is 1. The molecule has 658 valence electrons. The van der Waals surface area contributed by atoms with Gasteiger partial charge in [-0.3, -0.25) is 4.79 Å². The van der Waals surface area contributed by atoms with E-state index in [9.17, 15) is 61.0 Å². The van der Waals surface area contributed by atoms with Gasteiger partial charge in [0.2, 0.25) is 5.91 Å². The third-order valence-corrected chi connectivity index (χ3v) is 24.1. The number of rotatable bonds is 79. The van der Waals surface area contributed by atoms with E-state index in [2.05, 4.69) is 19.2 Å². The second-order valence-corrected chi connectivity index (χ2v) is 34.2. The largest absolute Gasteiger partial charge is 0.394 e. The number of carbonyl (C=O) groups is 1. The van der Waals surface area contributed by atoms with Gasteiger partial charge in [-0.15, -0.1) is 0 Å². The molecule has 3 rings (SSSR count). The third kappa shape index (κ3) is 50.9. The second kappa shape index (κ2) is 72.5. The maximum Gasteiger partial charge on any atom is 0.220 e. The van der Waals surface area contributed by atoms with E-state index in [-0.39, 0.29) is 18.9 Å². The van der Waals surface area contributed by atoms with Gasteiger partial charge in [0.1, 0.15) is 73.2 Å². The summed E-state index contributed by atoms with van der Waals surface area (Å²) in [4.78, 5) is 13.5. The van der Waals surface area contributed by atoms with Crippen LogP contribution in [0.15, 0.2) is 12.2 Å². The van der Waals surface area contributed by atoms with E-state index in [1.165, 1.54) is 366 Å². The summed E-state index contributed by atoms with van der Waals surface area (Å²) >= 11 is 0. The number of nitrogens with one attached hydrogen (secondary N) is 1. The summed E-state index contributed by atoms with van der Waals surface area (Å²) in [5.41, 5.74) is 0. The molecule has 0 radical (unpaired) electrons. The van der Waals surface area contributed by atoms with Crippen LogP contribution in [0.2, 0.25) is 0 Å². The number of unbranched alkanes of at least 4 members (excludes halogenated alkanes) is 63. The third-order valence-electron chi connectivity index (χ3n) is 24.1. The minimum absolute atomic E-state index is 0.251. The van der Waals surface area contributed by atoms with Crippen LogP contribution in [-0.4, -0.2) is 193 Å². The molecule has 0 aromatic heterocycles. The first-order valence-corrected chi connectivity index (χ1v) is 47.4. The summed E-state index contributed by atoms with van der Waals surface area (Å²) in [6, 6.07) is -0.972. The van der Waals surface area contributed by atoms with Gasteiger partial charge < -0.3 is 89.9 Å². The van der Waals surface area contributed by atoms with Gasteiger partial charge in [-0.2, -0.15) is 0 Å². The Balaban J connectivity index is 1.30. The summed E-state index contributed by atoms with van der Waals surface area (Å²) in [5, 5.41) is 121. The van der Waals surface area contributed by atoms with Crippen LogP contribution in [0.25, 0.3) is 0 Å². The summed E-state index contributed by atoms with van der Waals surface area (Å²) in [6.45, 7) is 1.83. The number of hydrogen-bond donors (Lipinski definition) is 12. The molecule has 17 unspecified atom stereocenters. The highest BCUT2D eigenvalue weighted by Gasteiger charge is 2.54. The van der Waals surface area contributed by atoms with Crippen molar-refractivity contribution in [3.8, 4) is 0 Å². The lowest BCUT2D eigenvalue weighted by atomic mass is 9.96. The average Bonchev–Trinajstić information content (AvgIpc) is 0.780. The lowest BCUT2D eigenvalue weighted by Gasteiger charge is -2.48. The van der Waals surface area contributed by atoms with E-state index in [0.717, 1.165) is 44.9 Å². The fourth-order valence-corrected chi connectivity index (χ4v) is 16.6. The minimum atomic E-state index is -1.98. The molecular formula is C92H177NO18. The van der Waals surface area contributed by atoms with Gasteiger partial charge >= 0.3 is 0 Å². The number of hydrogen-bond acceptors (Lipinski definition) is 18. The Labute approximate surface area is 677 Å². The molecule has 0 aromatic carbocycles. The first-order chi connectivity index (χ1) is 54.3. The molecule has 19 nitrogen and oxygen atoms in total. The fraction of sp³-hybridized carbons (Fsp3) is 0.967. The zero-order valence-electron chi connectivity index (χ0n) is 71.2. The second-order valence-electron chi connectivity index (χ2n) is 34.2. The van der Waals surface area contributed by atoms with Crippen LogP contribution >= 0.6 is 0 Å². The van der Waals surface area contributed by atoms with E-state index in [4.69, 9.17) is 28.4 Å². The van der Waals surface area contributed by atoms with E-state index in [1.807, 2.05) is 6.08 Å². The monoisotopic (exact) mass is 1580 g/mol. The lowest BCUT2D eigenvalue weighted by molar-refractivity contribution is -0.379. The first-order valence-electron chi connectivity index (χ1n) is 47.4. The SMILES string of the molecule is CCCCCCCCCCCCCCCCCCCCCCCCCCCCCC/C=C/C(O)C(COC1OC(CO)C(OC2OC(CO)C(OC3OC(CO)C(O)C(O)C3O)C(O)C2O)C(O)C1O)NC(=O)CCCCCCCCCCCCCCCCCCCCCCCCCCCCCCCCCCCCCC. The Morgan fingerprint density at radius 3 is 0.847 bits per heavy atom. The lowest BCUT2D eigenvalue weighted by Crippen LogP contribution is -2.66. The minimum Gasteiger partial charge on any atom is -0.394 e. The van der Waals surface area contributed by atoms with Crippen molar-refractivity contribution in [3.63, 3.8) is 0 Å². The van der Waals surface area contributed by atoms with Gasteiger partial charge in [-0.05, 0) is 19.3 Å². The van der Waals surface area contributed by atoms with E-state index >= 15 is 0 Å². The first kappa shape index (κ1) is 104. The van der Waals surface area contributed by atoms with Crippen LogP contribution < -0.4 is 5.32 Å². The van der Waals surface area contributed by atoms with Crippen molar-refractivity contribution in [2.75, 3.05) is 26.4 Å². The molecule has 17 atom stereocenters.